The Morgan fingerprint density at radius 3 is 2.48 bits per heavy atom. The maximum absolute atomic E-state index is 12.4. The van der Waals surface area contributed by atoms with Crippen LogP contribution in [0, 0.1) is 0 Å². The standard InChI is InChI=1S/C15H21F3N2O/c1-11(10-15(16,17)18)20-7-4-12(5-8-20)13-3-6-19(2)14(21)9-13/h3,6,9,11-12H,4-5,7-8,10H2,1-2H3. The molecule has 0 N–H and O–H groups in total. The largest absolute Gasteiger partial charge is 0.390 e. The van der Waals surface area contributed by atoms with E-state index >= 15 is 0 Å². The fraction of sp³-hybridized carbons (Fsp3) is 0.667. The van der Waals surface area contributed by atoms with E-state index in [0.29, 0.717) is 13.1 Å². The van der Waals surface area contributed by atoms with Crippen molar-refractivity contribution in [2.45, 2.75) is 44.3 Å². The fourth-order valence-electron chi connectivity index (χ4n) is 2.96. The highest BCUT2D eigenvalue weighted by Crippen LogP contribution is 2.30. The molecular weight excluding hydrogens is 281 g/mol. The number of alkyl halides is 3. The molecule has 1 saturated heterocycles. The third kappa shape index (κ3) is 4.33. The molecule has 1 aliphatic heterocycles. The molecule has 1 atom stereocenters. The molecule has 1 unspecified atom stereocenters. The van der Waals surface area contributed by atoms with E-state index in [1.165, 1.54) is 4.57 Å². The van der Waals surface area contributed by atoms with Gasteiger partial charge in [0.05, 0.1) is 6.42 Å². The van der Waals surface area contributed by atoms with Gasteiger partial charge >= 0.3 is 6.18 Å². The van der Waals surface area contributed by atoms with E-state index in [2.05, 4.69) is 0 Å². The van der Waals surface area contributed by atoms with Crippen LogP contribution in [0.5, 0.6) is 0 Å². The lowest BCUT2D eigenvalue weighted by molar-refractivity contribution is -0.146. The van der Waals surface area contributed by atoms with Gasteiger partial charge in [0.1, 0.15) is 0 Å². The minimum atomic E-state index is -4.11. The Balaban J connectivity index is 1.94. The number of aryl methyl sites for hydroxylation is 1. The molecule has 0 amide bonds. The molecule has 0 aliphatic carbocycles. The number of aromatic nitrogens is 1. The number of nitrogens with zero attached hydrogens (tertiary/aromatic N) is 2. The predicted octanol–water partition coefficient (Wildman–Crippen LogP) is 2.91. The number of piperidine rings is 1. The highest BCUT2D eigenvalue weighted by molar-refractivity contribution is 5.17. The SMILES string of the molecule is CC(CC(F)(F)F)N1CCC(c2ccn(C)c(=O)c2)CC1. The number of hydrogen-bond acceptors (Lipinski definition) is 2. The molecule has 0 saturated carbocycles. The quantitative estimate of drug-likeness (QED) is 0.858. The van der Waals surface area contributed by atoms with Crippen LogP contribution in [0.2, 0.25) is 0 Å². The molecular formula is C15H21F3N2O. The van der Waals surface area contributed by atoms with Crippen LogP contribution in [-0.2, 0) is 7.05 Å². The normalized spacial score (nSPS) is 19.7. The number of halogens is 3. The smallest absolute Gasteiger partial charge is 0.319 e. The summed E-state index contributed by atoms with van der Waals surface area (Å²) in [5.74, 6) is 0.272. The Labute approximate surface area is 122 Å². The first-order valence-corrected chi connectivity index (χ1v) is 7.23. The van der Waals surface area contributed by atoms with Crippen molar-refractivity contribution >= 4 is 0 Å². The van der Waals surface area contributed by atoms with Crippen LogP contribution in [0.3, 0.4) is 0 Å². The predicted molar refractivity (Wildman–Crippen MR) is 75.4 cm³/mol. The minimum Gasteiger partial charge on any atom is -0.319 e. The van der Waals surface area contributed by atoms with Crippen molar-refractivity contribution in [3.05, 3.63) is 34.2 Å². The molecule has 0 radical (unpaired) electrons. The van der Waals surface area contributed by atoms with Crippen molar-refractivity contribution < 1.29 is 13.2 Å². The van der Waals surface area contributed by atoms with E-state index in [9.17, 15) is 18.0 Å². The Morgan fingerprint density at radius 2 is 1.95 bits per heavy atom. The lowest BCUT2D eigenvalue weighted by atomic mass is 9.89. The summed E-state index contributed by atoms with van der Waals surface area (Å²) in [4.78, 5) is 13.5. The topological polar surface area (TPSA) is 25.2 Å². The molecule has 2 rings (SSSR count). The molecule has 1 aromatic heterocycles. The summed E-state index contributed by atoms with van der Waals surface area (Å²) in [6.07, 6.45) is -1.52. The molecule has 118 valence electrons. The highest BCUT2D eigenvalue weighted by atomic mass is 19.4. The summed E-state index contributed by atoms with van der Waals surface area (Å²) in [5.41, 5.74) is 0.960. The summed E-state index contributed by atoms with van der Waals surface area (Å²) in [5, 5.41) is 0. The molecule has 1 aliphatic rings. The van der Waals surface area contributed by atoms with Crippen LogP contribution in [-0.4, -0.2) is 34.8 Å². The molecule has 1 aromatic rings. The first kappa shape index (κ1) is 16.1. The molecule has 0 aromatic carbocycles. The summed E-state index contributed by atoms with van der Waals surface area (Å²) >= 11 is 0. The maximum atomic E-state index is 12.4. The van der Waals surface area contributed by atoms with Crippen LogP contribution in [0.1, 0.15) is 37.7 Å². The van der Waals surface area contributed by atoms with Gasteiger partial charge in [0.15, 0.2) is 0 Å². The van der Waals surface area contributed by atoms with Gasteiger partial charge in [0, 0.05) is 25.4 Å². The zero-order valence-corrected chi connectivity index (χ0v) is 12.4. The van der Waals surface area contributed by atoms with Gasteiger partial charge in [-0.15, -0.1) is 0 Å². The lowest BCUT2D eigenvalue weighted by Crippen LogP contribution is -2.41. The van der Waals surface area contributed by atoms with Gasteiger partial charge in [-0.25, -0.2) is 0 Å². The van der Waals surface area contributed by atoms with Gasteiger partial charge in [-0.1, -0.05) is 0 Å². The Morgan fingerprint density at radius 1 is 1.33 bits per heavy atom. The molecule has 6 heteroatoms. The van der Waals surface area contributed by atoms with E-state index in [1.807, 2.05) is 11.0 Å². The van der Waals surface area contributed by atoms with Crippen molar-refractivity contribution in [3.8, 4) is 0 Å². The lowest BCUT2D eigenvalue weighted by Gasteiger charge is -2.36. The Hall–Kier alpha value is -1.30. The molecule has 21 heavy (non-hydrogen) atoms. The average Bonchev–Trinajstić information content (AvgIpc) is 2.40. The van der Waals surface area contributed by atoms with Crippen LogP contribution >= 0.6 is 0 Å². The van der Waals surface area contributed by atoms with E-state index < -0.39 is 18.6 Å². The summed E-state index contributed by atoms with van der Waals surface area (Å²) in [6.45, 7) is 2.93. The van der Waals surface area contributed by atoms with E-state index in [-0.39, 0.29) is 11.5 Å². The van der Waals surface area contributed by atoms with Crippen LogP contribution < -0.4 is 5.56 Å². The summed E-state index contributed by atoms with van der Waals surface area (Å²) in [7, 11) is 1.70. The molecule has 2 heterocycles. The van der Waals surface area contributed by atoms with Crippen LogP contribution in [0.25, 0.3) is 0 Å². The van der Waals surface area contributed by atoms with E-state index in [4.69, 9.17) is 0 Å². The zero-order valence-electron chi connectivity index (χ0n) is 12.4. The van der Waals surface area contributed by atoms with Gasteiger partial charge in [0.25, 0.3) is 5.56 Å². The van der Waals surface area contributed by atoms with Gasteiger partial charge in [-0.3, -0.25) is 4.79 Å². The molecule has 3 nitrogen and oxygen atoms in total. The zero-order chi connectivity index (χ0) is 15.6. The first-order chi connectivity index (χ1) is 9.76. The minimum absolute atomic E-state index is 0.0413. The van der Waals surface area contributed by atoms with Crippen molar-refractivity contribution in [2.75, 3.05) is 13.1 Å². The van der Waals surface area contributed by atoms with Crippen molar-refractivity contribution in [1.82, 2.24) is 9.47 Å². The average molecular weight is 302 g/mol. The maximum Gasteiger partial charge on any atom is 0.390 e. The third-order valence-corrected chi connectivity index (χ3v) is 4.28. The van der Waals surface area contributed by atoms with Gasteiger partial charge < -0.3 is 9.47 Å². The van der Waals surface area contributed by atoms with Crippen LogP contribution in [0.4, 0.5) is 13.2 Å². The second-order valence-corrected chi connectivity index (χ2v) is 5.89. The van der Waals surface area contributed by atoms with Crippen LogP contribution in [0.15, 0.2) is 23.1 Å². The molecule has 0 spiro atoms. The number of pyridine rings is 1. The molecule has 1 fully saturated rings. The number of hydrogen-bond donors (Lipinski definition) is 0. The second-order valence-electron chi connectivity index (χ2n) is 5.89. The number of likely N-dealkylation sites (tertiary alicyclic amines) is 1. The van der Waals surface area contributed by atoms with Crippen molar-refractivity contribution in [2.24, 2.45) is 7.05 Å². The van der Waals surface area contributed by atoms with E-state index in [1.54, 1.807) is 26.2 Å². The third-order valence-electron chi connectivity index (χ3n) is 4.28. The summed E-state index contributed by atoms with van der Waals surface area (Å²) < 4.78 is 38.8. The van der Waals surface area contributed by atoms with Gasteiger partial charge in [-0.05, 0) is 50.4 Å². The van der Waals surface area contributed by atoms with Crippen molar-refractivity contribution in [3.63, 3.8) is 0 Å². The fourth-order valence-corrected chi connectivity index (χ4v) is 2.96. The molecule has 0 bridgehead atoms. The Bertz CT molecular complexity index is 530. The van der Waals surface area contributed by atoms with E-state index in [0.717, 1.165) is 18.4 Å². The Kier molecular flexibility index (Phi) is 4.76. The second kappa shape index (κ2) is 6.22. The summed E-state index contributed by atoms with van der Waals surface area (Å²) in [6, 6.07) is 3.09. The monoisotopic (exact) mass is 302 g/mol. The highest BCUT2D eigenvalue weighted by Gasteiger charge is 2.33. The van der Waals surface area contributed by atoms with Crippen molar-refractivity contribution in [1.29, 1.82) is 0 Å². The van der Waals surface area contributed by atoms with Gasteiger partial charge in [-0.2, -0.15) is 13.2 Å². The first-order valence-electron chi connectivity index (χ1n) is 7.23. The van der Waals surface area contributed by atoms with Gasteiger partial charge in [0.2, 0.25) is 0 Å². The number of rotatable bonds is 3.